The summed E-state index contributed by atoms with van der Waals surface area (Å²) in [5, 5.41) is 5.57. The molecule has 0 unspecified atom stereocenters. The molecule has 2 heterocycles. The molecule has 4 aromatic rings. The molecule has 0 aliphatic carbocycles. The Labute approximate surface area is 153 Å². The second kappa shape index (κ2) is 6.35. The lowest BCUT2D eigenvalue weighted by molar-refractivity contribution is 0.102. The molecular formula is C19H14ClN3OS. The molecule has 25 heavy (non-hydrogen) atoms. The van der Waals surface area contributed by atoms with E-state index in [0.29, 0.717) is 10.6 Å². The minimum absolute atomic E-state index is 0.164. The second-order valence-corrected chi connectivity index (χ2v) is 6.97. The van der Waals surface area contributed by atoms with Gasteiger partial charge in [0.15, 0.2) is 4.96 Å². The van der Waals surface area contributed by atoms with Gasteiger partial charge >= 0.3 is 0 Å². The third-order valence-electron chi connectivity index (χ3n) is 3.93. The Morgan fingerprint density at radius 3 is 2.52 bits per heavy atom. The van der Waals surface area contributed by atoms with E-state index in [1.807, 2.05) is 30.5 Å². The maximum Gasteiger partial charge on any atom is 0.255 e. The molecule has 0 aliphatic rings. The monoisotopic (exact) mass is 367 g/mol. The van der Waals surface area contributed by atoms with E-state index in [9.17, 15) is 4.79 Å². The SMILES string of the molecule is Cc1csc2nc(-c3ccc(NC(=O)c4ccc(Cl)cc4)cc3)cn12. The Balaban J connectivity index is 1.53. The van der Waals surface area contributed by atoms with E-state index in [1.165, 1.54) is 5.69 Å². The summed E-state index contributed by atoms with van der Waals surface area (Å²) in [5.41, 5.74) is 4.41. The highest BCUT2D eigenvalue weighted by molar-refractivity contribution is 7.15. The lowest BCUT2D eigenvalue weighted by atomic mass is 10.1. The summed E-state index contributed by atoms with van der Waals surface area (Å²) in [6.45, 7) is 2.06. The summed E-state index contributed by atoms with van der Waals surface area (Å²) in [6, 6.07) is 14.5. The average molecular weight is 368 g/mol. The number of aryl methyl sites for hydroxylation is 1. The first-order valence-corrected chi connectivity index (χ1v) is 8.96. The van der Waals surface area contributed by atoms with Crippen molar-refractivity contribution in [2.75, 3.05) is 5.32 Å². The fourth-order valence-corrected chi connectivity index (χ4v) is 3.54. The Kier molecular flexibility index (Phi) is 4.03. The molecule has 4 nitrogen and oxygen atoms in total. The number of nitrogens with one attached hydrogen (secondary N) is 1. The number of carbonyl (C=O) groups excluding carboxylic acids is 1. The van der Waals surface area contributed by atoms with E-state index in [0.717, 1.165) is 21.9 Å². The van der Waals surface area contributed by atoms with E-state index >= 15 is 0 Å². The molecule has 0 saturated carbocycles. The van der Waals surface area contributed by atoms with Crippen LogP contribution >= 0.6 is 22.9 Å². The van der Waals surface area contributed by atoms with Crippen molar-refractivity contribution in [3.63, 3.8) is 0 Å². The number of halogens is 1. The van der Waals surface area contributed by atoms with Crippen LogP contribution in [-0.2, 0) is 0 Å². The Morgan fingerprint density at radius 1 is 1.12 bits per heavy atom. The van der Waals surface area contributed by atoms with Crippen molar-refractivity contribution in [2.24, 2.45) is 0 Å². The Bertz CT molecular complexity index is 1050. The number of hydrogen-bond acceptors (Lipinski definition) is 3. The molecule has 6 heteroatoms. The molecule has 2 aromatic carbocycles. The minimum atomic E-state index is -0.164. The molecule has 0 bridgehead atoms. The molecule has 1 N–H and O–H groups in total. The molecule has 124 valence electrons. The third kappa shape index (κ3) is 3.16. The molecule has 1 amide bonds. The minimum Gasteiger partial charge on any atom is -0.322 e. The van der Waals surface area contributed by atoms with Crippen molar-refractivity contribution >= 4 is 39.5 Å². The molecule has 0 atom stereocenters. The van der Waals surface area contributed by atoms with Gasteiger partial charge in [0, 0.05) is 39.1 Å². The fraction of sp³-hybridized carbons (Fsp3) is 0.0526. The molecule has 0 saturated heterocycles. The molecular weight excluding hydrogens is 354 g/mol. The molecule has 0 aliphatic heterocycles. The number of imidazole rings is 1. The maximum absolute atomic E-state index is 12.2. The van der Waals surface area contributed by atoms with Crippen LogP contribution in [0.4, 0.5) is 5.69 Å². The van der Waals surface area contributed by atoms with Crippen molar-refractivity contribution in [1.82, 2.24) is 9.38 Å². The first-order valence-electron chi connectivity index (χ1n) is 7.71. The largest absolute Gasteiger partial charge is 0.322 e. The molecule has 0 spiro atoms. The molecule has 0 fully saturated rings. The number of thiazole rings is 1. The van der Waals surface area contributed by atoms with Crippen molar-refractivity contribution < 1.29 is 4.79 Å². The van der Waals surface area contributed by atoms with Crippen LogP contribution in [0.5, 0.6) is 0 Å². The lowest BCUT2D eigenvalue weighted by Crippen LogP contribution is -2.11. The van der Waals surface area contributed by atoms with Crippen molar-refractivity contribution in [3.8, 4) is 11.3 Å². The normalized spacial score (nSPS) is 11.0. The van der Waals surface area contributed by atoms with Gasteiger partial charge in [0.05, 0.1) is 5.69 Å². The highest BCUT2D eigenvalue weighted by atomic mass is 35.5. The standard InChI is InChI=1S/C19H14ClN3OS/c1-12-11-25-19-22-17(10-23(12)19)13-4-8-16(9-5-13)21-18(24)14-2-6-15(20)7-3-14/h2-11H,1H3,(H,21,24). The predicted octanol–water partition coefficient (Wildman–Crippen LogP) is 5.28. The summed E-state index contributed by atoms with van der Waals surface area (Å²) >= 11 is 7.47. The number of amides is 1. The summed E-state index contributed by atoms with van der Waals surface area (Å²) in [4.78, 5) is 17.8. The summed E-state index contributed by atoms with van der Waals surface area (Å²) in [6.07, 6.45) is 2.03. The highest BCUT2D eigenvalue weighted by Crippen LogP contribution is 2.24. The van der Waals surface area contributed by atoms with Gasteiger partial charge < -0.3 is 5.32 Å². The smallest absolute Gasteiger partial charge is 0.255 e. The van der Waals surface area contributed by atoms with Crippen LogP contribution in [0.1, 0.15) is 16.1 Å². The average Bonchev–Trinajstić information content (AvgIpc) is 3.18. The highest BCUT2D eigenvalue weighted by Gasteiger charge is 2.09. The Hall–Kier alpha value is -2.63. The van der Waals surface area contributed by atoms with Crippen LogP contribution in [0.2, 0.25) is 5.02 Å². The zero-order valence-corrected chi connectivity index (χ0v) is 14.9. The van der Waals surface area contributed by atoms with E-state index in [1.54, 1.807) is 35.6 Å². The van der Waals surface area contributed by atoms with E-state index in [4.69, 9.17) is 11.6 Å². The van der Waals surface area contributed by atoms with Crippen molar-refractivity contribution in [1.29, 1.82) is 0 Å². The number of benzene rings is 2. The van der Waals surface area contributed by atoms with Gasteiger partial charge in [-0.15, -0.1) is 11.3 Å². The first-order chi connectivity index (χ1) is 12.1. The fourth-order valence-electron chi connectivity index (χ4n) is 2.56. The van der Waals surface area contributed by atoms with Crippen LogP contribution in [0.3, 0.4) is 0 Å². The topological polar surface area (TPSA) is 46.4 Å². The van der Waals surface area contributed by atoms with Gasteiger partial charge in [-0.3, -0.25) is 9.20 Å². The number of fused-ring (bicyclic) bond motifs is 1. The molecule has 4 rings (SSSR count). The number of anilines is 1. The van der Waals surface area contributed by atoms with E-state index in [2.05, 4.69) is 27.0 Å². The maximum atomic E-state index is 12.2. The van der Waals surface area contributed by atoms with Gasteiger partial charge in [-0.1, -0.05) is 23.7 Å². The van der Waals surface area contributed by atoms with Crippen LogP contribution in [0, 0.1) is 6.92 Å². The van der Waals surface area contributed by atoms with Crippen LogP contribution in [-0.4, -0.2) is 15.3 Å². The number of rotatable bonds is 3. The van der Waals surface area contributed by atoms with Gasteiger partial charge in [0.2, 0.25) is 0 Å². The first kappa shape index (κ1) is 15.9. The van der Waals surface area contributed by atoms with Gasteiger partial charge in [-0.05, 0) is 43.3 Å². The number of nitrogens with zero attached hydrogens (tertiary/aromatic N) is 2. The number of aromatic nitrogens is 2. The molecule has 2 aromatic heterocycles. The van der Waals surface area contributed by atoms with Crippen LogP contribution < -0.4 is 5.32 Å². The zero-order valence-electron chi connectivity index (χ0n) is 13.4. The van der Waals surface area contributed by atoms with Crippen LogP contribution in [0.15, 0.2) is 60.1 Å². The van der Waals surface area contributed by atoms with Crippen LogP contribution in [0.25, 0.3) is 16.2 Å². The quantitative estimate of drug-likeness (QED) is 0.535. The predicted molar refractivity (Wildman–Crippen MR) is 103 cm³/mol. The molecule has 0 radical (unpaired) electrons. The number of hydrogen-bond donors (Lipinski definition) is 1. The zero-order chi connectivity index (χ0) is 17.4. The summed E-state index contributed by atoms with van der Waals surface area (Å²) < 4.78 is 2.08. The van der Waals surface area contributed by atoms with Gasteiger partial charge in [-0.25, -0.2) is 4.98 Å². The second-order valence-electron chi connectivity index (χ2n) is 5.69. The van der Waals surface area contributed by atoms with Gasteiger partial charge in [-0.2, -0.15) is 0 Å². The van der Waals surface area contributed by atoms with Crippen molar-refractivity contribution in [3.05, 3.63) is 76.4 Å². The van der Waals surface area contributed by atoms with Gasteiger partial charge in [0.25, 0.3) is 5.91 Å². The third-order valence-corrected chi connectivity index (χ3v) is 5.14. The van der Waals surface area contributed by atoms with E-state index < -0.39 is 0 Å². The number of carbonyl (C=O) groups is 1. The van der Waals surface area contributed by atoms with Crippen molar-refractivity contribution in [2.45, 2.75) is 6.92 Å². The van der Waals surface area contributed by atoms with Gasteiger partial charge in [0.1, 0.15) is 0 Å². The lowest BCUT2D eigenvalue weighted by Gasteiger charge is -2.06. The summed E-state index contributed by atoms with van der Waals surface area (Å²) in [7, 11) is 0. The summed E-state index contributed by atoms with van der Waals surface area (Å²) in [5.74, 6) is -0.164. The Morgan fingerprint density at radius 2 is 1.84 bits per heavy atom. The van der Waals surface area contributed by atoms with E-state index in [-0.39, 0.29) is 5.91 Å².